The van der Waals surface area contributed by atoms with Crippen molar-refractivity contribution < 1.29 is 9.47 Å². The van der Waals surface area contributed by atoms with E-state index in [1.165, 1.54) is 5.56 Å². The van der Waals surface area contributed by atoms with Crippen LogP contribution in [-0.4, -0.2) is 26.9 Å². The van der Waals surface area contributed by atoms with Crippen molar-refractivity contribution in [2.24, 2.45) is 5.92 Å². The summed E-state index contributed by atoms with van der Waals surface area (Å²) in [4.78, 5) is 0. The quantitative estimate of drug-likeness (QED) is 0.736. The number of ether oxygens (including phenoxy) is 2. The Morgan fingerprint density at radius 1 is 1.21 bits per heavy atom. The van der Waals surface area contributed by atoms with E-state index >= 15 is 0 Å². The summed E-state index contributed by atoms with van der Waals surface area (Å²) >= 11 is 3.54. The lowest BCUT2D eigenvalue weighted by Crippen LogP contribution is -2.13. The molecule has 0 radical (unpaired) electrons. The molecule has 0 fully saturated rings. The maximum atomic E-state index is 5.69. The van der Waals surface area contributed by atoms with E-state index in [0.29, 0.717) is 25.2 Å². The molecule has 0 heterocycles. The molecule has 1 atom stereocenters. The summed E-state index contributed by atoms with van der Waals surface area (Å²) in [5, 5.41) is 3.22. The van der Waals surface area contributed by atoms with Gasteiger partial charge in [-0.15, -0.1) is 0 Å². The average molecular weight is 330 g/mol. The highest BCUT2D eigenvalue weighted by atomic mass is 79.9. The molecule has 108 valence electrons. The van der Waals surface area contributed by atoms with E-state index in [1.807, 2.05) is 13.1 Å². The monoisotopic (exact) mass is 329 g/mol. The van der Waals surface area contributed by atoms with Gasteiger partial charge >= 0.3 is 0 Å². The highest BCUT2D eigenvalue weighted by molar-refractivity contribution is 9.10. The van der Waals surface area contributed by atoms with E-state index in [4.69, 9.17) is 9.47 Å². The third-order valence-corrected chi connectivity index (χ3v) is 3.45. The molecule has 0 saturated heterocycles. The van der Waals surface area contributed by atoms with Gasteiger partial charge in [0.2, 0.25) is 0 Å². The second-order valence-electron chi connectivity index (χ2n) is 5.02. The topological polar surface area (TPSA) is 30.5 Å². The van der Waals surface area contributed by atoms with E-state index in [9.17, 15) is 0 Å². The molecule has 0 bridgehead atoms. The van der Waals surface area contributed by atoms with Gasteiger partial charge in [-0.25, -0.2) is 0 Å². The fourth-order valence-electron chi connectivity index (χ4n) is 1.60. The Balaban J connectivity index is 2.42. The zero-order valence-electron chi connectivity index (χ0n) is 12.2. The Kier molecular flexibility index (Phi) is 7.42. The van der Waals surface area contributed by atoms with E-state index in [1.54, 1.807) is 0 Å². The van der Waals surface area contributed by atoms with Crippen LogP contribution in [0.2, 0.25) is 0 Å². The van der Waals surface area contributed by atoms with Crippen molar-refractivity contribution in [3.8, 4) is 5.75 Å². The largest absolute Gasteiger partial charge is 0.490 e. The molecule has 1 aromatic carbocycles. The SMILES string of the molecule is CNC(C)c1ccc(OCCOCC(C)C)c(Br)c1. The van der Waals surface area contributed by atoms with Crippen molar-refractivity contribution in [3.05, 3.63) is 28.2 Å². The molecule has 1 N–H and O–H groups in total. The first-order valence-corrected chi connectivity index (χ1v) is 7.51. The van der Waals surface area contributed by atoms with Crippen LogP contribution in [0.4, 0.5) is 0 Å². The Labute approximate surface area is 124 Å². The van der Waals surface area contributed by atoms with Crippen LogP contribution in [0, 0.1) is 5.92 Å². The van der Waals surface area contributed by atoms with Crippen molar-refractivity contribution in [1.29, 1.82) is 0 Å². The van der Waals surface area contributed by atoms with E-state index < -0.39 is 0 Å². The van der Waals surface area contributed by atoms with Gasteiger partial charge in [-0.1, -0.05) is 19.9 Å². The first kappa shape index (κ1) is 16.5. The number of nitrogens with one attached hydrogen (secondary N) is 1. The molecule has 1 unspecified atom stereocenters. The van der Waals surface area contributed by atoms with Crippen LogP contribution < -0.4 is 10.1 Å². The summed E-state index contributed by atoms with van der Waals surface area (Å²) in [5.74, 6) is 1.43. The van der Waals surface area contributed by atoms with Gasteiger partial charge in [0.25, 0.3) is 0 Å². The molecular weight excluding hydrogens is 306 g/mol. The molecule has 0 spiro atoms. The third-order valence-electron chi connectivity index (χ3n) is 2.83. The first-order valence-electron chi connectivity index (χ1n) is 6.71. The molecule has 0 amide bonds. The van der Waals surface area contributed by atoms with Crippen molar-refractivity contribution in [1.82, 2.24) is 5.32 Å². The molecule has 0 aliphatic heterocycles. The molecule has 4 heteroatoms. The summed E-state index contributed by atoms with van der Waals surface area (Å²) in [7, 11) is 1.95. The van der Waals surface area contributed by atoms with Gasteiger partial charge in [0, 0.05) is 12.6 Å². The summed E-state index contributed by atoms with van der Waals surface area (Å²) in [6.07, 6.45) is 0. The molecule has 3 nitrogen and oxygen atoms in total. The van der Waals surface area contributed by atoms with Crippen molar-refractivity contribution in [2.75, 3.05) is 26.9 Å². The first-order chi connectivity index (χ1) is 9.04. The molecule has 0 aliphatic rings. The number of hydrogen-bond donors (Lipinski definition) is 1. The second-order valence-corrected chi connectivity index (χ2v) is 5.87. The highest BCUT2D eigenvalue weighted by Gasteiger charge is 2.07. The minimum absolute atomic E-state index is 0.333. The number of rotatable bonds is 8. The van der Waals surface area contributed by atoms with Gasteiger partial charge in [-0.05, 0) is 53.5 Å². The molecule has 19 heavy (non-hydrogen) atoms. The van der Waals surface area contributed by atoms with Crippen LogP contribution in [0.3, 0.4) is 0 Å². The van der Waals surface area contributed by atoms with Crippen LogP contribution in [0.15, 0.2) is 22.7 Å². The Morgan fingerprint density at radius 3 is 2.53 bits per heavy atom. The standard InChI is InChI=1S/C15H24BrNO2/c1-11(2)10-18-7-8-19-15-6-5-13(9-14(15)16)12(3)17-4/h5-6,9,11-12,17H,7-8,10H2,1-4H3. The zero-order chi connectivity index (χ0) is 14.3. The number of benzene rings is 1. The minimum atomic E-state index is 0.333. The Bertz CT molecular complexity index is 382. The molecule has 0 saturated carbocycles. The zero-order valence-corrected chi connectivity index (χ0v) is 13.8. The van der Waals surface area contributed by atoms with Crippen LogP contribution in [0.5, 0.6) is 5.75 Å². The predicted molar refractivity (Wildman–Crippen MR) is 82.8 cm³/mol. The van der Waals surface area contributed by atoms with E-state index in [0.717, 1.165) is 16.8 Å². The average Bonchev–Trinajstić information content (AvgIpc) is 2.38. The maximum Gasteiger partial charge on any atom is 0.133 e. The summed E-state index contributed by atoms with van der Waals surface area (Å²) in [6.45, 7) is 8.38. The molecule has 1 rings (SSSR count). The highest BCUT2D eigenvalue weighted by Crippen LogP contribution is 2.28. The lowest BCUT2D eigenvalue weighted by atomic mass is 10.1. The van der Waals surface area contributed by atoms with Gasteiger partial charge in [0.15, 0.2) is 0 Å². The second kappa shape index (κ2) is 8.56. The van der Waals surface area contributed by atoms with Crippen molar-refractivity contribution >= 4 is 15.9 Å². The van der Waals surface area contributed by atoms with Crippen LogP contribution in [0.25, 0.3) is 0 Å². The molecule has 0 aromatic heterocycles. The smallest absolute Gasteiger partial charge is 0.133 e. The van der Waals surface area contributed by atoms with Gasteiger partial charge < -0.3 is 14.8 Å². The normalized spacial score (nSPS) is 12.7. The lowest BCUT2D eigenvalue weighted by molar-refractivity contribution is 0.0817. The fraction of sp³-hybridized carbons (Fsp3) is 0.600. The van der Waals surface area contributed by atoms with Gasteiger partial charge in [0.05, 0.1) is 11.1 Å². The van der Waals surface area contributed by atoms with Crippen molar-refractivity contribution in [2.45, 2.75) is 26.8 Å². The van der Waals surface area contributed by atoms with E-state index in [-0.39, 0.29) is 0 Å². The maximum absolute atomic E-state index is 5.69. The Morgan fingerprint density at radius 2 is 1.95 bits per heavy atom. The lowest BCUT2D eigenvalue weighted by Gasteiger charge is -2.14. The van der Waals surface area contributed by atoms with Crippen LogP contribution in [0.1, 0.15) is 32.4 Å². The summed E-state index contributed by atoms with van der Waals surface area (Å²) in [6, 6.07) is 6.50. The van der Waals surface area contributed by atoms with Gasteiger partial charge in [-0.3, -0.25) is 0 Å². The number of hydrogen-bond acceptors (Lipinski definition) is 3. The van der Waals surface area contributed by atoms with Crippen LogP contribution in [-0.2, 0) is 4.74 Å². The molecular formula is C15H24BrNO2. The van der Waals surface area contributed by atoms with Crippen LogP contribution >= 0.6 is 15.9 Å². The van der Waals surface area contributed by atoms with E-state index in [2.05, 4.69) is 54.2 Å². The minimum Gasteiger partial charge on any atom is -0.490 e. The predicted octanol–water partition coefficient (Wildman–Crippen LogP) is 3.78. The Hall–Kier alpha value is -0.580. The summed E-state index contributed by atoms with van der Waals surface area (Å²) < 4.78 is 12.2. The fourth-order valence-corrected chi connectivity index (χ4v) is 2.11. The molecule has 1 aromatic rings. The molecule has 0 aliphatic carbocycles. The van der Waals surface area contributed by atoms with Crippen molar-refractivity contribution in [3.63, 3.8) is 0 Å². The van der Waals surface area contributed by atoms with Gasteiger partial charge in [0.1, 0.15) is 12.4 Å². The van der Waals surface area contributed by atoms with Gasteiger partial charge in [-0.2, -0.15) is 0 Å². The number of halogens is 1. The third kappa shape index (κ3) is 5.93. The summed E-state index contributed by atoms with van der Waals surface area (Å²) in [5.41, 5.74) is 1.23.